The number of anilines is 3. The molecule has 0 fully saturated rings. The van der Waals surface area contributed by atoms with Crippen LogP contribution in [-0.4, -0.2) is 20.1 Å². The van der Waals surface area contributed by atoms with Gasteiger partial charge in [-0.25, -0.2) is 0 Å². The second-order valence-corrected chi connectivity index (χ2v) is 23.6. The number of hydrogen-bond donors (Lipinski definition) is 0. The highest BCUT2D eigenvalue weighted by atomic mass is 16.3. The van der Waals surface area contributed by atoms with Crippen LogP contribution in [0.1, 0.15) is 52.7 Å². The molecule has 0 amide bonds. The zero-order chi connectivity index (χ0) is 49.0. The van der Waals surface area contributed by atoms with Crippen molar-refractivity contribution in [3.63, 3.8) is 0 Å². The van der Waals surface area contributed by atoms with E-state index in [1.807, 2.05) is 0 Å². The topological polar surface area (TPSA) is 30.1 Å². The zero-order valence-corrected chi connectivity index (χ0v) is 42.0. The third-order valence-electron chi connectivity index (χ3n) is 17.7. The average molecular weight is 947 g/mol. The molecule has 18 rings (SSSR count). The van der Waals surface area contributed by atoms with Crippen molar-refractivity contribution in [3.05, 3.63) is 187 Å². The van der Waals surface area contributed by atoms with Gasteiger partial charge in [-0.15, -0.1) is 0 Å². The molecule has 5 nitrogen and oxygen atoms in total. The number of rotatable bonds is 1. The van der Waals surface area contributed by atoms with Crippen LogP contribution in [0.15, 0.2) is 180 Å². The van der Waals surface area contributed by atoms with Crippen molar-refractivity contribution in [3.8, 4) is 11.1 Å². The van der Waals surface area contributed by atoms with E-state index in [0.29, 0.717) is 0 Å². The Morgan fingerprint density at radius 3 is 1.55 bits per heavy atom. The lowest BCUT2D eigenvalue weighted by atomic mass is 9.44. The molecule has 2 aliphatic rings. The Morgan fingerprint density at radius 2 is 0.905 bits per heavy atom. The normalized spacial score (nSPS) is 14.0. The van der Waals surface area contributed by atoms with E-state index in [0.717, 1.165) is 27.6 Å². The SMILES string of the molecule is CC(C)(C)c1ccc2c(c1)c1cc(C(C)(C)C)cc3c1n2B1c2c(cc4c(oc5ccccc54)c2-3)N(c2cc3c4ccccc4n4c5ccccc5c(c2)c34)c2cc3c4ccccc4n4c5ccccc5c(c21)c34. The molecule has 0 atom stereocenters. The Labute approximate surface area is 425 Å². The summed E-state index contributed by atoms with van der Waals surface area (Å²) in [5.74, 6) is 0. The molecule has 348 valence electrons. The van der Waals surface area contributed by atoms with Gasteiger partial charge < -0.3 is 22.6 Å². The van der Waals surface area contributed by atoms with Crippen LogP contribution in [0, 0.1) is 0 Å². The predicted molar refractivity (Wildman–Crippen MR) is 314 cm³/mol. The lowest BCUT2D eigenvalue weighted by molar-refractivity contribution is 0.590. The second-order valence-electron chi connectivity index (χ2n) is 23.6. The van der Waals surface area contributed by atoms with E-state index < -0.39 is 0 Å². The molecule has 0 saturated heterocycles. The highest BCUT2D eigenvalue weighted by Crippen LogP contribution is 2.54. The molecule has 2 aliphatic heterocycles. The highest BCUT2D eigenvalue weighted by molar-refractivity contribution is 6.92. The summed E-state index contributed by atoms with van der Waals surface area (Å²) in [6.07, 6.45) is 0. The first-order valence-electron chi connectivity index (χ1n) is 26.3. The zero-order valence-electron chi connectivity index (χ0n) is 42.0. The summed E-state index contributed by atoms with van der Waals surface area (Å²) in [6, 6.07) is 67.3. The van der Waals surface area contributed by atoms with Gasteiger partial charge in [0.25, 0.3) is 0 Å². The minimum absolute atomic E-state index is 0.0371. The molecular formula is C68H47BN4O. The standard InChI is InChI=1S/C68H47BN4O/c1-67(2,3)36-27-28-55-44(29-36)45-30-37(68(4,5)6)31-50-60-62-57(35-49-42-20-11-16-26-58(42)74-66(49)60)70(38-32-46-39-17-7-12-22-51(39)71-52-23-13-8-18-40(52)47(33-38)63(46)71)56-34-48-41-19-9-14-24-53(41)72-54-25-15-10-21-43(54)59(65(48)72)61(56)69(62)73(55)64(45)50/h7-35H,1-6H3. The number of hydrogen-bond acceptors (Lipinski definition) is 2. The molecular weight excluding hydrogens is 900 g/mol. The van der Waals surface area contributed by atoms with Crippen LogP contribution in [0.2, 0.25) is 0 Å². The van der Waals surface area contributed by atoms with E-state index in [9.17, 15) is 0 Å². The summed E-state index contributed by atoms with van der Waals surface area (Å²) in [5.41, 5.74) is 22.9. The quantitative estimate of drug-likeness (QED) is 0.154. The van der Waals surface area contributed by atoms with E-state index in [2.05, 4.69) is 236 Å². The number of aromatic nitrogens is 3. The van der Waals surface area contributed by atoms with Gasteiger partial charge in [0, 0.05) is 104 Å². The fourth-order valence-electron chi connectivity index (χ4n) is 14.5. The number of nitrogens with zero attached hydrogens (tertiary/aromatic N) is 4. The third-order valence-corrected chi connectivity index (χ3v) is 17.7. The van der Waals surface area contributed by atoms with E-state index in [4.69, 9.17) is 4.42 Å². The Hall–Kier alpha value is -8.74. The minimum Gasteiger partial charge on any atom is -0.455 e. The van der Waals surface area contributed by atoms with Crippen molar-refractivity contribution in [2.45, 2.75) is 52.4 Å². The lowest BCUT2D eigenvalue weighted by Gasteiger charge is -2.41. The maximum atomic E-state index is 7.34. The summed E-state index contributed by atoms with van der Waals surface area (Å²) in [4.78, 5) is 2.68. The van der Waals surface area contributed by atoms with Gasteiger partial charge in [0.15, 0.2) is 0 Å². The summed E-state index contributed by atoms with van der Waals surface area (Å²) >= 11 is 0. The van der Waals surface area contributed by atoms with Gasteiger partial charge in [0.2, 0.25) is 0 Å². The van der Waals surface area contributed by atoms with E-state index in [1.165, 1.54) is 143 Å². The Kier molecular flexibility index (Phi) is 6.94. The van der Waals surface area contributed by atoms with Crippen molar-refractivity contribution < 1.29 is 4.42 Å². The third kappa shape index (κ3) is 4.59. The molecule has 0 saturated carbocycles. The average Bonchev–Trinajstić information content (AvgIpc) is 4.30. The molecule has 0 aliphatic carbocycles. The molecule has 6 heteroatoms. The monoisotopic (exact) mass is 946 g/mol. The Bertz CT molecular complexity index is 5160. The summed E-state index contributed by atoms with van der Waals surface area (Å²) in [5, 5.41) is 15.0. The fraction of sp³-hybridized carbons (Fsp3) is 0.118. The molecule has 8 heterocycles. The van der Waals surface area contributed by atoms with Gasteiger partial charge in [0.1, 0.15) is 11.2 Å². The van der Waals surface area contributed by atoms with Crippen LogP contribution >= 0.6 is 0 Å². The van der Waals surface area contributed by atoms with Crippen LogP contribution in [0.25, 0.3) is 131 Å². The first-order valence-corrected chi connectivity index (χ1v) is 26.3. The summed E-state index contributed by atoms with van der Waals surface area (Å²) < 4.78 is 15.2. The summed E-state index contributed by atoms with van der Waals surface area (Å²) in [6.45, 7) is 13.9. The summed E-state index contributed by atoms with van der Waals surface area (Å²) in [7, 11) is 0. The number of fused-ring (bicyclic) bond motifs is 24. The van der Waals surface area contributed by atoms with Crippen molar-refractivity contribution in [2.24, 2.45) is 0 Å². The van der Waals surface area contributed by atoms with Crippen molar-refractivity contribution >= 4 is 155 Å². The molecule has 0 spiro atoms. The molecule has 0 N–H and O–H groups in total. The largest absolute Gasteiger partial charge is 0.455 e. The number of para-hydroxylation sites is 5. The molecule has 10 aromatic carbocycles. The minimum atomic E-state index is -0.212. The van der Waals surface area contributed by atoms with Crippen LogP contribution in [0.4, 0.5) is 17.1 Å². The molecule has 0 unspecified atom stereocenters. The lowest BCUT2D eigenvalue weighted by Crippen LogP contribution is -2.57. The molecule has 74 heavy (non-hydrogen) atoms. The van der Waals surface area contributed by atoms with Gasteiger partial charge in [-0.2, -0.15) is 0 Å². The van der Waals surface area contributed by atoms with Crippen LogP contribution in [0.3, 0.4) is 0 Å². The van der Waals surface area contributed by atoms with Gasteiger partial charge in [0.05, 0.1) is 33.1 Å². The smallest absolute Gasteiger partial charge is 0.333 e. The Balaban J connectivity index is 1.11. The number of furan rings is 1. The van der Waals surface area contributed by atoms with E-state index in [-0.39, 0.29) is 17.7 Å². The molecule has 6 aromatic heterocycles. The maximum Gasteiger partial charge on any atom is 0.333 e. The number of benzene rings is 10. The van der Waals surface area contributed by atoms with Crippen molar-refractivity contribution in [2.75, 3.05) is 4.90 Å². The predicted octanol–water partition coefficient (Wildman–Crippen LogP) is 17.0. The van der Waals surface area contributed by atoms with Gasteiger partial charge in [-0.3, -0.25) is 0 Å². The van der Waals surface area contributed by atoms with Crippen molar-refractivity contribution in [1.82, 2.24) is 13.3 Å². The molecule has 0 radical (unpaired) electrons. The maximum absolute atomic E-state index is 7.34. The van der Waals surface area contributed by atoms with E-state index >= 15 is 0 Å². The second kappa shape index (κ2) is 12.9. The highest BCUT2D eigenvalue weighted by Gasteiger charge is 2.47. The van der Waals surface area contributed by atoms with Gasteiger partial charge in [-0.1, -0.05) is 139 Å². The Morgan fingerprint density at radius 1 is 0.392 bits per heavy atom. The van der Waals surface area contributed by atoms with Crippen LogP contribution < -0.4 is 15.8 Å². The van der Waals surface area contributed by atoms with Gasteiger partial charge in [-0.05, 0) is 112 Å². The van der Waals surface area contributed by atoms with Crippen LogP contribution in [-0.2, 0) is 10.8 Å². The first kappa shape index (κ1) is 39.8. The van der Waals surface area contributed by atoms with E-state index in [1.54, 1.807) is 0 Å². The molecule has 0 bridgehead atoms. The molecule has 16 aromatic rings. The van der Waals surface area contributed by atoms with Crippen LogP contribution in [0.5, 0.6) is 0 Å². The van der Waals surface area contributed by atoms with Gasteiger partial charge >= 0.3 is 6.85 Å². The van der Waals surface area contributed by atoms with Crippen molar-refractivity contribution in [1.29, 1.82) is 0 Å². The first-order chi connectivity index (χ1) is 36.0. The fourth-order valence-corrected chi connectivity index (χ4v) is 14.5.